The Balaban J connectivity index is 1.75. The molecule has 20 heavy (non-hydrogen) atoms. The second kappa shape index (κ2) is 4.22. The number of carboxylic acid groups (broad SMARTS) is 1. The van der Waals surface area contributed by atoms with E-state index in [9.17, 15) is 9.59 Å². The highest BCUT2D eigenvalue weighted by molar-refractivity contribution is 5.98. The lowest BCUT2D eigenvalue weighted by atomic mass is 9.73. The predicted molar refractivity (Wildman–Crippen MR) is 73.0 cm³/mol. The summed E-state index contributed by atoms with van der Waals surface area (Å²) in [5, 5.41) is 9.15. The Hall–Kier alpha value is -1.06. The summed E-state index contributed by atoms with van der Waals surface area (Å²) in [4.78, 5) is 23.4. The van der Waals surface area contributed by atoms with E-state index in [4.69, 9.17) is 9.84 Å². The molecule has 0 amide bonds. The first-order chi connectivity index (χ1) is 9.25. The number of carbonyl (C=O) groups is 2. The van der Waals surface area contributed by atoms with Crippen molar-refractivity contribution in [2.45, 2.75) is 58.5 Å². The zero-order chi connectivity index (χ0) is 14.7. The summed E-state index contributed by atoms with van der Waals surface area (Å²) in [6.45, 7) is 4.86. The van der Waals surface area contributed by atoms with Crippen molar-refractivity contribution in [3.8, 4) is 0 Å². The van der Waals surface area contributed by atoms with Crippen molar-refractivity contribution in [1.82, 2.24) is 0 Å². The monoisotopic (exact) mass is 280 g/mol. The molecule has 3 rings (SSSR count). The zero-order valence-corrected chi connectivity index (χ0v) is 12.5. The average molecular weight is 280 g/mol. The van der Waals surface area contributed by atoms with E-state index in [0.717, 1.165) is 18.8 Å². The lowest BCUT2D eigenvalue weighted by molar-refractivity contribution is -0.183. The number of fused-ring (bicyclic) bond motifs is 5. The Kier molecular flexibility index (Phi) is 2.93. The van der Waals surface area contributed by atoms with E-state index in [-0.39, 0.29) is 0 Å². The summed E-state index contributed by atoms with van der Waals surface area (Å²) >= 11 is 0. The van der Waals surface area contributed by atoms with Crippen LogP contribution in [0.25, 0.3) is 0 Å². The molecular weight excluding hydrogens is 256 g/mol. The van der Waals surface area contributed by atoms with Crippen LogP contribution in [-0.2, 0) is 14.3 Å². The van der Waals surface area contributed by atoms with Crippen LogP contribution in [-0.4, -0.2) is 22.6 Å². The van der Waals surface area contributed by atoms with Crippen LogP contribution in [0.3, 0.4) is 0 Å². The first kappa shape index (κ1) is 13.9. The van der Waals surface area contributed by atoms with Crippen LogP contribution in [0.4, 0.5) is 0 Å². The Morgan fingerprint density at radius 1 is 1.25 bits per heavy atom. The van der Waals surface area contributed by atoms with Crippen molar-refractivity contribution in [2.75, 3.05) is 0 Å². The van der Waals surface area contributed by atoms with Crippen molar-refractivity contribution in [1.29, 1.82) is 0 Å². The molecule has 4 heteroatoms. The highest BCUT2D eigenvalue weighted by Gasteiger charge is 2.61. The van der Waals surface area contributed by atoms with Gasteiger partial charge >= 0.3 is 11.9 Å². The molecule has 2 bridgehead atoms. The molecule has 0 spiro atoms. The number of ether oxygens (including phenoxy) is 1. The van der Waals surface area contributed by atoms with Crippen LogP contribution in [0.15, 0.2) is 0 Å². The summed E-state index contributed by atoms with van der Waals surface area (Å²) in [6, 6.07) is 0. The summed E-state index contributed by atoms with van der Waals surface area (Å²) in [5.74, 6) is 0.938. The second-order valence-electron chi connectivity index (χ2n) is 7.70. The molecule has 0 saturated heterocycles. The summed E-state index contributed by atoms with van der Waals surface area (Å²) in [7, 11) is 0. The Bertz CT molecular complexity index is 455. The normalized spacial score (nSPS) is 42.5. The number of aliphatic carboxylic acids is 1. The molecule has 0 aromatic heterocycles. The van der Waals surface area contributed by atoms with E-state index in [1.165, 1.54) is 33.1 Å². The molecule has 5 atom stereocenters. The van der Waals surface area contributed by atoms with Gasteiger partial charge in [-0.1, -0.05) is 6.42 Å². The van der Waals surface area contributed by atoms with Crippen molar-refractivity contribution >= 4 is 11.9 Å². The highest BCUT2D eigenvalue weighted by Crippen LogP contribution is 2.63. The van der Waals surface area contributed by atoms with Gasteiger partial charge in [-0.15, -0.1) is 0 Å². The van der Waals surface area contributed by atoms with E-state index in [1.807, 2.05) is 6.92 Å². The topological polar surface area (TPSA) is 63.6 Å². The zero-order valence-electron chi connectivity index (χ0n) is 12.5. The minimum Gasteiger partial charge on any atom is -0.480 e. The Labute approximate surface area is 119 Å². The van der Waals surface area contributed by atoms with Crippen molar-refractivity contribution in [2.24, 2.45) is 29.1 Å². The smallest absolute Gasteiger partial charge is 0.323 e. The maximum Gasteiger partial charge on any atom is 0.323 e. The molecular formula is C16H24O4. The van der Waals surface area contributed by atoms with Gasteiger partial charge in [0.15, 0.2) is 5.41 Å². The van der Waals surface area contributed by atoms with E-state index < -0.39 is 23.0 Å². The van der Waals surface area contributed by atoms with Gasteiger partial charge in [0.25, 0.3) is 0 Å². The van der Waals surface area contributed by atoms with Crippen LogP contribution < -0.4 is 0 Å². The van der Waals surface area contributed by atoms with Gasteiger partial charge in [-0.3, -0.25) is 9.59 Å². The number of hydrogen-bond donors (Lipinski definition) is 1. The van der Waals surface area contributed by atoms with Gasteiger partial charge in [0.2, 0.25) is 0 Å². The maximum absolute atomic E-state index is 12.2. The molecule has 112 valence electrons. The maximum atomic E-state index is 12.2. The second-order valence-corrected chi connectivity index (χ2v) is 7.70. The summed E-state index contributed by atoms with van der Waals surface area (Å²) in [5.41, 5.74) is -1.90. The third kappa shape index (κ3) is 1.80. The first-order valence-corrected chi connectivity index (χ1v) is 7.72. The molecule has 1 N–H and O–H groups in total. The standard InChI is InChI=1S/C16H24O4/c1-15(2,13(17)18)14(19)20-16(3)8-9-7-12(16)11-6-4-5-10(9)11/h9-12H,4-8H2,1-3H3,(H,17,18). The molecule has 3 aliphatic carbocycles. The van der Waals surface area contributed by atoms with Crippen molar-refractivity contribution in [3.63, 3.8) is 0 Å². The van der Waals surface area contributed by atoms with Crippen LogP contribution in [0.1, 0.15) is 52.9 Å². The van der Waals surface area contributed by atoms with Crippen LogP contribution in [0.2, 0.25) is 0 Å². The molecule has 3 fully saturated rings. The SMILES string of the molecule is CC(C)(C(=O)O)C(=O)OC1(C)CC2CC1C1CCCC21. The molecule has 0 aromatic rings. The van der Waals surface area contributed by atoms with E-state index >= 15 is 0 Å². The number of esters is 1. The van der Waals surface area contributed by atoms with Crippen LogP contribution in [0, 0.1) is 29.1 Å². The van der Waals surface area contributed by atoms with E-state index in [2.05, 4.69) is 0 Å². The average Bonchev–Trinajstić information content (AvgIpc) is 2.98. The van der Waals surface area contributed by atoms with E-state index in [0.29, 0.717) is 17.8 Å². The van der Waals surface area contributed by atoms with Crippen molar-refractivity contribution in [3.05, 3.63) is 0 Å². The Morgan fingerprint density at radius 3 is 2.55 bits per heavy atom. The lowest BCUT2D eigenvalue weighted by Gasteiger charge is -2.40. The third-order valence-corrected chi connectivity index (χ3v) is 6.13. The van der Waals surface area contributed by atoms with Crippen LogP contribution >= 0.6 is 0 Å². The van der Waals surface area contributed by atoms with Crippen LogP contribution in [0.5, 0.6) is 0 Å². The van der Waals surface area contributed by atoms with Gasteiger partial charge in [-0.05, 0) is 64.2 Å². The fourth-order valence-corrected chi connectivity index (χ4v) is 4.93. The number of carboxylic acids is 1. The van der Waals surface area contributed by atoms with E-state index in [1.54, 1.807) is 0 Å². The molecule has 0 radical (unpaired) electrons. The number of rotatable bonds is 3. The molecule has 4 nitrogen and oxygen atoms in total. The predicted octanol–water partition coefficient (Wildman–Crippen LogP) is 2.86. The van der Waals surface area contributed by atoms with Gasteiger partial charge in [-0.2, -0.15) is 0 Å². The molecule has 5 unspecified atom stereocenters. The molecule has 3 saturated carbocycles. The minimum atomic E-state index is -1.46. The number of carbonyl (C=O) groups excluding carboxylic acids is 1. The first-order valence-electron chi connectivity index (χ1n) is 7.72. The highest BCUT2D eigenvalue weighted by atomic mass is 16.6. The molecule has 0 heterocycles. The fourth-order valence-electron chi connectivity index (χ4n) is 4.93. The van der Waals surface area contributed by atoms with Gasteiger partial charge < -0.3 is 9.84 Å². The quantitative estimate of drug-likeness (QED) is 0.638. The third-order valence-electron chi connectivity index (χ3n) is 6.13. The van der Waals surface area contributed by atoms with Gasteiger partial charge in [0, 0.05) is 5.92 Å². The van der Waals surface area contributed by atoms with Gasteiger partial charge in [0.05, 0.1) is 0 Å². The number of hydrogen-bond acceptors (Lipinski definition) is 3. The Morgan fingerprint density at radius 2 is 1.90 bits per heavy atom. The summed E-state index contributed by atoms with van der Waals surface area (Å²) < 4.78 is 5.75. The lowest BCUT2D eigenvalue weighted by Crippen LogP contribution is -2.47. The molecule has 0 aliphatic heterocycles. The fraction of sp³-hybridized carbons (Fsp3) is 0.875. The van der Waals surface area contributed by atoms with Gasteiger partial charge in [-0.25, -0.2) is 0 Å². The van der Waals surface area contributed by atoms with Crippen molar-refractivity contribution < 1.29 is 19.4 Å². The molecule has 0 aromatic carbocycles. The molecule has 3 aliphatic rings. The minimum absolute atomic E-state index is 0.438. The summed E-state index contributed by atoms with van der Waals surface area (Å²) in [6.07, 6.45) is 5.96. The van der Waals surface area contributed by atoms with Gasteiger partial charge in [0.1, 0.15) is 5.60 Å². The largest absolute Gasteiger partial charge is 0.480 e.